The molecule has 1 aromatic carbocycles. The van der Waals surface area contributed by atoms with Gasteiger partial charge in [0.15, 0.2) is 0 Å². The third kappa shape index (κ3) is 0.939. The molecule has 0 N–H and O–H groups in total. The van der Waals surface area contributed by atoms with Crippen LogP contribution >= 0.6 is 0 Å². The van der Waals surface area contributed by atoms with Gasteiger partial charge < -0.3 is 4.74 Å². The topological polar surface area (TPSA) is 22.1 Å². The van der Waals surface area contributed by atoms with Gasteiger partial charge in [-0.05, 0) is 18.6 Å². The van der Waals surface area contributed by atoms with Gasteiger partial charge in [0.2, 0.25) is 0 Å². The zero-order chi connectivity index (χ0) is 9.54. The Kier molecular flexibility index (Phi) is 1.51. The molecule has 0 atom stereocenters. The van der Waals surface area contributed by atoms with Crippen LogP contribution in [0.2, 0.25) is 0 Å². The summed E-state index contributed by atoms with van der Waals surface area (Å²) < 4.78 is 5.64. The van der Waals surface area contributed by atoms with Gasteiger partial charge in [0.25, 0.3) is 0 Å². The average molecular weight is 185 g/mol. The van der Waals surface area contributed by atoms with Crippen molar-refractivity contribution in [1.29, 1.82) is 0 Å². The molecule has 0 bridgehead atoms. The van der Waals surface area contributed by atoms with E-state index in [-0.39, 0.29) is 0 Å². The Morgan fingerprint density at radius 2 is 2.14 bits per heavy atom. The van der Waals surface area contributed by atoms with Crippen LogP contribution in [0.25, 0.3) is 10.8 Å². The van der Waals surface area contributed by atoms with Gasteiger partial charge in [0.05, 0.1) is 6.61 Å². The normalized spacial score (nSPS) is 14.1. The van der Waals surface area contributed by atoms with Crippen LogP contribution in [0, 0.1) is 6.92 Å². The highest BCUT2D eigenvalue weighted by atomic mass is 16.5. The van der Waals surface area contributed by atoms with Crippen LogP contribution in [-0.4, -0.2) is 11.6 Å². The Morgan fingerprint density at radius 1 is 1.21 bits per heavy atom. The lowest BCUT2D eigenvalue weighted by atomic mass is 10.0. The van der Waals surface area contributed by atoms with E-state index in [9.17, 15) is 0 Å². The highest BCUT2D eigenvalue weighted by Crippen LogP contribution is 2.34. The maximum Gasteiger partial charge on any atom is 0.130 e. The van der Waals surface area contributed by atoms with Crippen LogP contribution in [0.15, 0.2) is 24.4 Å². The van der Waals surface area contributed by atoms with Gasteiger partial charge >= 0.3 is 0 Å². The summed E-state index contributed by atoms with van der Waals surface area (Å²) in [5.41, 5.74) is 2.39. The Balaban J connectivity index is 2.44. The molecule has 0 radical (unpaired) electrons. The summed E-state index contributed by atoms with van der Waals surface area (Å²) >= 11 is 0. The summed E-state index contributed by atoms with van der Waals surface area (Å²) in [5.74, 6) is 1.06. The molecule has 0 spiro atoms. The van der Waals surface area contributed by atoms with E-state index in [1.165, 1.54) is 16.3 Å². The first-order valence-corrected chi connectivity index (χ1v) is 4.86. The second-order valence-electron chi connectivity index (χ2n) is 3.64. The van der Waals surface area contributed by atoms with E-state index in [1.807, 2.05) is 19.2 Å². The van der Waals surface area contributed by atoms with Crippen molar-refractivity contribution in [2.45, 2.75) is 13.3 Å². The lowest BCUT2D eigenvalue weighted by molar-refractivity contribution is 0.360. The third-order valence-electron chi connectivity index (χ3n) is 2.79. The van der Waals surface area contributed by atoms with Crippen molar-refractivity contribution in [3.8, 4) is 5.75 Å². The lowest BCUT2D eigenvalue weighted by Crippen LogP contribution is -1.88. The highest BCUT2D eigenvalue weighted by molar-refractivity contribution is 5.91. The van der Waals surface area contributed by atoms with Crippen LogP contribution in [0.5, 0.6) is 5.75 Å². The maximum atomic E-state index is 5.64. The Hall–Kier alpha value is -1.57. The number of pyridine rings is 1. The van der Waals surface area contributed by atoms with Gasteiger partial charge in [-0.15, -0.1) is 0 Å². The predicted octanol–water partition coefficient (Wildman–Crippen LogP) is 2.48. The summed E-state index contributed by atoms with van der Waals surface area (Å²) in [6, 6.07) is 6.33. The molecule has 3 rings (SSSR count). The fraction of sp³-hybridized carbons (Fsp3) is 0.250. The first-order chi connectivity index (χ1) is 6.86. The molecule has 70 valence electrons. The highest BCUT2D eigenvalue weighted by Gasteiger charge is 2.15. The number of aryl methyl sites for hydroxylation is 1. The molecule has 1 aliphatic rings. The van der Waals surface area contributed by atoms with E-state index in [0.717, 1.165) is 24.5 Å². The maximum absolute atomic E-state index is 5.64. The Morgan fingerprint density at radius 3 is 3.07 bits per heavy atom. The fourth-order valence-electron chi connectivity index (χ4n) is 2.05. The van der Waals surface area contributed by atoms with Crippen molar-refractivity contribution in [1.82, 2.24) is 4.98 Å². The van der Waals surface area contributed by atoms with Crippen molar-refractivity contribution in [2.24, 2.45) is 0 Å². The molecule has 2 heterocycles. The zero-order valence-corrected chi connectivity index (χ0v) is 8.08. The van der Waals surface area contributed by atoms with Crippen LogP contribution in [-0.2, 0) is 6.42 Å². The number of hydrogen-bond acceptors (Lipinski definition) is 2. The van der Waals surface area contributed by atoms with E-state index in [4.69, 9.17) is 4.74 Å². The standard InChI is InChI=1S/C12H11NO/c1-8-10-3-2-9-5-7-14-12(9)11(10)4-6-13-8/h2-4,6H,5,7H2,1H3. The van der Waals surface area contributed by atoms with Crippen molar-refractivity contribution >= 4 is 10.8 Å². The molecule has 1 aliphatic heterocycles. The van der Waals surface area contributed by atoms with Crippen molar-refractivity contribution < 1.29 is 4.74 Å². The second-order valence-corrected chi connectivity index (χ2v) is 3.64. The Bertz CT molecular complexity index is 505. The fourth-order valence-corrected chi connectivity index (χ4v) is 2.05. The molecule has 0 fully saturated rings. The molecular formula is C12H11NO. The van der Waals surface area contributed by atoms with Gasteiger partial charge in [-0.3, -0.25) is 4.98 Å². The molecule has 2 heteroatoms. The van der Waals surface area contributed by atoms with Gasteiger partial charge in [0, 0.05) is 29.1 Å². The van der Waals surface area contributed by atoms with Gasteiger partial charge in [0.1, 0.15) is 5.75 Å². The average Bonchev–Trinajstić information content (AvgIpc) is 2.66. The van der Waals surface area contributed by atoms with Crippen LogP contribution in [0.4, 0.5) is 0 Å². The molecule has 0 aliphatic carbocycles. The number of ether oxygens (including phenoxy) is 1. The summed E-state index contributed by atoms with van der Waals surface area (Å²) in [4.78, 5) is 4.28. The minimum absolute atomic E-state index is 0.815. The van der Waals surface area contributed by atoms with E-state index in [0.29, 0.717) is 0 Å². The first kappa shape index (κ1) is 7.80. The largest absolute Gasteiger partial charge is 0.492 e. The molecule has 14 heavy (non-hydrogen) atoms. The number of rotatable bonds is 0. The molecule has 0 saturated heterocycles. The molecule has 0 amide bonds. The quantitative estimate of drug-likeness (QED) is 0.629. The smallest absolute Gasteiger partial charge is 0.130 e. The van der Waals surface area contributed by atoms with Crippen molar-refractivity contribution in [2.75, 3.05) is 6.61 Å². The van der Waals surface area contributed by atoms with E-state index in [1.54, 1.807) is 0 Å². The monoisotopic (exact) mass is 185 g/mol. The summed E-state index contributed by atoms with van der Waals surface area (Å²) in [7, 11) is 0. The molecule has 2 nitrogen and oxygen atoms in total. The van der Waals surface area contributed by atoms with Gasteiger partial charge in [-0.25, -0.2) is 0 Å². The van der Waals surface area contributed by atoms with Crippen LogP contribution in [0.1, 0.15) is 11.3 Å². The van der Waals surface area contributed by atoms with E-state index < -0.39 is 0 Å². The summed E-state index contributed by atoms with van der Waals surface area (Å²) in [6.07, 6.45) is 2.88. The van der Waals surface area contributed by atoms with Gasteiger partial charge in [-0.2, -0.15) is 0 Å². The molecule has 2 aromatic rings. The van der Waals surface area contributed by atoms with Crippen LogP contribution in [0.3, 0.4) is 0 Å². The minimum Gasteiger partial charge on any atom is -0.492 e. The number of aromatic nitrogens is 1. The zero-order valence-electron chi connectivity index (χ0n) is 8.08. The lowest BCUT2D eigenvalue weighted by Gasteiger charge is -2.05. The molecular weight excluding hydrogens is 174 g/mol. The molecule has 0 unspecified atom stereocenters. The molecule has 0 saturated carbocycles. The van der Waals surface area contributed by atoms with E-state index >= 15 is 0 Å². The number of hydrogen-bond donors (Lipinski definition) is 0. The number of benzene rings is 1. The first-order valence-electron chi connectivity index (χ1n) is 4.86. The van der Waals surface area contributed by atoms with Gasteiger partial charge in [-0.1, -0.05) is 12.1 Å². The SMILES string of the molecule is Cc1nccc2c3c(ccc12)CCO3. The van der Waals surface area contributed by atoms with Crippen molar-refractivity contribution in [3.05, 3.63) is 35.7 Å². The van der Waals surface area contributed by atoms with E-state index in [2.05, 4.69) is 17.1 Å². The molecule has 1 aromatic heterocycles. The Labute approximate surface area is 82.5 Å². The van der Waals surface area contributed by atoms with Crippen LogP contribution < -0.4 is 4.74 Å². The summed E-state index contributed by atoms with van der Waals surface area (Å²) in [6.45, 7) is 2.85. The number of fused-ring (bicyclic) bond motifs is 3. The number of nitrogens with zero attached hydrogens (tertiary/aromatic N) is 1. The summed E-state index contributed by atoms with van der Waals surface area (Å²) in [5, 5.41) is 2.40. The predicted molar refractivity (Wildman–Crippen MR) is 55.7 cm³/mol. The van der Waals surface area contributed by atoms with Crippen molar-refractivity contribution in [3.63, 3.8) is 0 Å². The third-order valence-corrected chi connectivity index (χ3v) is 2.79. The second kappa shape index (κ2) is 2.71. The minimum atomic E-state index is 0.815.